The molecule has 3 N–H and O–H groups in total. The molecule has 6 heteroatoms. The second kappa shape index (κ2) is 5.10. The monoisotopic (exact) mass is 306 g/mol. The summed E-state index contributed by atoms with van der Waals surface area (Å²) in [6, 6.07) is 3.90. The number of hydrogen-bond donors (Lipinski definition) is 2. The van der Waals surface area contributed by atoms with E-state index >= 15 is 0 Å². The van der Waals surface area contributed by atoms with E-state index in [2.05, 4.69) is 0 Å². The molecule has 0 amide bonds. The maximum atomic E-state index is 12.3. The SMILES string of the molecule is N=C1OC2=C(C(=O)CCC2)C(c2cccs2)C1C(N)=S. The minimum atomic E-state index is -0.524. The second-order valence-electron chi connectivity index (χ2n) is 4.95. The molecule has 4 nitrogen and oxygen atoms in total. The summed E-state index contributed by atoms with van der Waals surface area (Å²) in [5.41, 5.74) is 6.48. The number of ketones is 1. The summed E-state index contributed by atoms with van der Waals surface area (Å²) in [5, 5.41) is 10.0. The number of hydrogen-bond acceptors (Lipinski definition) is 5. The Kier molecular flexibility index (Phi) is 3.43. The van der Waals surface area contributed by atoms with Crippen molar-refractivity contribution in [2.24, 2.45) is 11.7 Å². The molecule has 2 aliphatic rings. The number of nitrogens with two attached hydrogens (primary N) is 1. The first-order valence-corrected chi connectivity index (χ1v) is 7.73. The van der Waals surface area contributed by atoms with Crippen molar-refractivity contribution in [3.63, 3.8) is 0 Å². The van der Waals surface area contributed by atoms with Crippen LogP contribution in [0.5, 0.6) is 0 Å². The van der Waals surface area contributed by atoms with E-state index in [1.54, 1.807) is 11.3 Å². The molecule has 0 fully saturated rings. The summed E-state index contributed by atoms with van der Waals surface area (Å²) in [6.07, 6.45) is 2.01. The summed E-state index contributed by atoms with van der Waals surface area (Å²) in [4.78, 5) is 13.5. The molecule has 1 aliphatic carbocycles. The molecule has 0 aromatic carbocycles. The van der Waals surface area contributed by atoms with Crippen LogP contribution in [0.4, 0.5) is 0 Å². The topological polar surface area (TPSA) is 76.2 Å². The molecule has 2 atom stereocenters. The average molecular weight is 306 g/mol. The lowest BCUT2D eigenvalue weighted by Crippen LogP contribution is -2.41. The van der Waals surface area contributed by atoms with Gasteiger partial charge in [-0.3, -0.25) is 10.2 Å². The van der Waals surface area contributed by atoms with Crippen molar-refractivity contribution >= 4 is 40.2 Å². The predicted molar refractivity (Wildman–Crippen MR) is 82.0 cm³/mol. The Morgan fingerprint density at radius 3 is 2.95 bits per heavy atom. The van der Waals surface area contributed by atoms with Crippen LogP contribution in [0.3, 0.4) is 0 Å². The van der Waals surface area contributed by atoms with Gasteiger partial charge in [0.1, 0.15) is 5.76 Å². The Balaban J connectivity index is 2.17. The van der Waals surface area contributed by atoms with Gasteiger partial charge in [-0.1, -0.05) is 18.3 Å². The third-order valence-electron chi connectivity index (χ3n) is 3.72. The van der Waals surface area contributed by atoms with E-state index in [0.29, 0.717) is 24.2 Å². The van der Waals surface area contributed by atoms with Crippen molar-refractivity contribution in [2.75, 3.05) is 0 Å². The van der Waals surface area contributed by atoms with Crippen molar-refractivity contribution in [2.45, 2.75) is 25.2 Å². The van der Waals surface area contributed by atoms with E-state index in [9.17, 15) is 4.79 Å². The summed E-state index contributed by atoms with van der Waals surface area (Å²) in [7, 11) is 0. The Hall–Kier alpha value is -1.53. The van der Waals surface area contributed by atoms with Crippen LogP contribution in [0.1, 0.15) is 30.1 Å². The Morgan fingerprint density at radius 1 is 1.50 bits per heavy atom. The van der Waals surface area contributed by atoms with Gasteiger partial charge in [-0.25, -0.2) is 0 Å². The Labute approximate surface area is 126 Å². The molecule has 104 valence electrons. The predicted octanol–water partition coefficient (Wildman–Crippen LogP) is 2.75. The van der Waals surface area contributed by atoms with Crippen LogP contribution in [0, 0.1) is 11.3 Å². The highest BCUT2D eigenvalue weighted by Crippen LogP contribution is 2.44. The molecule has 0 bridgehead atoms. The third-order valence-corrected chi connectivity index (χ3v) is 4.93. The summed E-state index contributed by atoms with van der Waals surface area (Å²) >= 11 is 6.66. The largest absolute Gasteiger partial charge is 0.447 e. The highest BCUT2D eigenvalue weighted by Gasteiger charge is 2.43. The van der Waals surface area contributed by atoms with E-state index in [4.69, 9.17) is 28.1 Å². The molecule has 2 unspecified atom stereocenters. The zero-order chi connectivity index (χ0) is 14.3. The van der Waals surface area contributed by atoms with Crippen LogP contribution < -0.4 is 5.73 Å². The molecule has 0 spiro atoms. The molecular weight excluding hydrogens is 292 g/mol. The second-order valence-corrected chi connectivity index (χ2v) is 6.40. The van der Waals surface area contributed by atoms with Crippen molar-refractivity contribution in [1.82, 2.24) is 0 Å². The number of allylic oxidation sites excluding steroid dienone is 2. The van der Waals surface area contributed by atoms with Crippen LogP contribution in [0.2, 0.25) is 0 Å². The first kappa shape index (κ1) is 13.5. The minimum absolute atomic E-state index is 0.0596. The zero-order valence-corrected chi connectivity index (χ0v) is 12.4. The number of nitrogens with one attached hydrogen (secondary N) is 1. The molecule has 0 saturated heterocycles. The summed E-state index contributed by atoms with van der Waals surface area (Å²) in [6.45, 7) is 0. The lowest BCUT2D eigenvalue weighted by atomic mass is 9.76. The van der Waals surface area contributed by atoms with Crippen molar-refractivity contribution in [1.29, 1.82) is 5.41 Å². The van der Waals surface area contributed by atoms with E-state index in [1.807, 2.05) is 17.5 Å². The maximum absolute atomic E-state index is 12.3. The van der Waals surface area contributed by atoms with E-state index in [-0.39, 0.29) is 22.6 Å². The van der Waals surface area contributed by atoms with E-state index in [1.165, 1.54) is 0 Å². The number of carbonyl (C=O) groups excluding carboxylic acids is 1. The van der Waals surface area contributed by atoms with Crippen LogP contribution in [-0.4, -0.2) is 16.7 Å². The quantitative estimate of drug-likeness (QED) is 0.824. The summed E-state index contributed by atoms with van der Waals surface area (Å²) < 4.78 is 5.54. The smallest absolute Gasteiger partial charge is 0.197 e. The average Bonchev–Trinajstić information content (AvgIpc) is 2.90. The molecule has 1 aromatic rings. The van der Waals surface area contributed by atoms with Crippen molar-refractivity contribution in [3.05, 3.63) is 33.7 Å². The third kappa shape index (κ3) is 2.09. The van der Waals surface area contributed by atoms with Gasteiger partial charge in [0.15, 0.2) is 11.7 Å². The molecule has 3 rings (SSSR count). The van der Waals surface area contributed by atoms with Gasteiger partial charge in [0.2, 0.25) is 0 Å². The van der Waals surface area contributed by atoms with Crippen LogP contribution in [-0.2, 0) is 9.53 Å². The van der Waals surface area contributed by atoms with Gasteiger partial charge >= 0.3 is 0 Å². The van der Waals surface area contributed by atoms with Crippen molar-refractivity contribution in [3.8, 4) is 0 Å². The van der Waals surface area contributed by atoms with Crippen molar-refractivity contribution < 1.29 is 9.53 Å². The molecule has 1 aromatic heterocycles. The van der Waals surface area contributed by atoms with Gasteiger partial charge < -0.3 is 10.5 Å². The number of thiocarbonyl (C=S) groups is 1. The van der Waals surface area contributed by atoms with Gasteiger partial charge in [0.25, 0.3) is 0 Å². The first-order valence-electron chi connectivity index (χ1n) is 6.45. The zero-order valence-electron chi connectivity index (χ0n) is 10.7. The summed E-state index contributed by atoms with van der Waals surface area (Å²) in [5.74, 6) is 0.0147. The van der Waals surface area contributed by atoms with E-state index in [0.717, 1.165) is 11.3 Å². The number of rotatable bonds is 2. The Morgan fingerprint density at radius 2 is 2.30 bits per heavy atom. The molecule has 0 radical (unpaired) electrons. The first-order chi connectivity index (χ1) is 9.59. The fraction of sp³-hybridized carbons (Fsp3) is 0.357. The maximum Gasteiger partial charge on any atom is 0.197 e. The number of thiophene rings is 1. The Bertz CT molecular complexity index is 619. The van der Waals surface area contributed by atoms with Crippen LogP contribution in [0.15, 0.2) is 28.8 Å². The van der Waals surface area contributed by atoms with Gasteiger partial charge in [-0.15, -0.1) is 11.3 Å². The standard InChI is InChI=1S/C14H14N2O2S2/c15-13-12(14(16)19)11(9-5-2-6-20-9)10-7(17)3-1-4-8(10)18-13/h2,5-6,11-12,15H,1,3-4H2,(H2,16,19). The molecule has 2 heterocycles. The van der Waals surface area contributed by atoms with Gasteiger partial charge in [-0.05, 0) is 17.9 Å². The minimum Gasteiger partial charge on any atom is -0.447 e. The highest BCUT2D eigenvalue weighted by molar-refractivity contribution is 7.80. The van der Waals surface area contributed by atoms with Crippen LogP contribution in [0.25, 0.3) is 0 Å². The van der Waals surface area contributed by atoms with Gasteiger partial charge in [-0.2, -0.15) is 0 Å². The van der Waals surface area contributed by atoms with Crippen LogP contribution >= 0.6 is 23.6 Å². The van der Waals surface area contributed by atoms with Gasteiger partial charge in [0, 0.05) is 29.2 Å². The molecular formula is C14H14N2O2S2. The highest BCUT2D eigenvalue weighted by atomic mass is 32.1. The molecule has 20 heavy (non-hydrogen) atoms. The normalized spacial score (nSPS) is 26.2. The number of Topliss-reactive ketones (excluding diaryl/α,β-unsaturated/α-hetero) is 1. The molecule has 0 saturated carbocycles. The van der Waals surface area contributed by atoms with Gasteiger partial charge in [0.05, 0.1) is 10.9 Å². The fourth-order valence-corrected chi connectivity index (χ4v) is 3.98. The van der Waals surface area contributed by atoms with E-state index < -0.39 is 5.92 Å². The lowest BCUT2D eigenvalue weighted by molar-refractivity contribution is -0.116. The number of carbonyl (C=O) groups is 1. The lowest BCUT2D eigenvalue weighted by Gasteiger charge is -2.35. The fourth-order valence-electron chi connectivity index (χ4n) is 2.87. The number of ether oxygens (including phenoxy) is 1. The molecule has 1 aliphatic heterocycles.